The van der Waals surface area contributed by atoms with Gasteiger partial charge in [-0.25, -0.2) is 0 Å². The molecule has 16 heavy (non-hydrogen) atoms. The zero-order valence-corrected chi connectivity index (χ0v) is 10.9. The quantitative estimate of drug-likeness (QED) is 0.794. The van der Waals surface area contributed by atoms with Gasteiger partial charge in [-0.3, -0.25) is 0 Å². The fourth-order valence-corrected chi connectivity index (χ4v) is 3.26. The van der Waals surface area contributed by atoms with Crippen LogP contribution in [0.4, 0.5) is 0 Å². The van der Waals surface area contributed by atoms with Crippen LogP contribution in [-0.4, -0.2) is 25.3 Å². The molecule has 1 heterocycles. The van der Waals surface area contributed by atoms with E-state index in [2.05, 4.69) is 19.2 Å². The highest BCUT2D eigenvalue weighted by Gasteiger charge is 2.26. The van der Waals surface area contributed by atoms with Crippen LogP contribution in [0.3, 0.4) is 0 Å². The van der Waals surface area contributed by atoms with Crippen LogP contribution in [0.5, 0.6) is 0 Å². The molecule has 2 heteroatoms. The molecule has 3 unspecified atom stereocenters. The summed E-state index contributed by atoms with van der Waals surface area (Å²) in [6, 6.07) is 1.26. The highest BCUT2D eigenvalue weighted by molar-refractivity contribution is 4.82. The number of ether oxygens (including phenoxy) is 1. The molecule has 2 rings (SSSR count). The summed E-state index contributed by atoms with van der Waals surface area (Å²) in [5.74, 6) is 1.78. The lowest BCUT2D eigenvalue weighted by Gasteiger charge is -2.33. The molecule has 1 saturated carbocycles. The Morgan fingerprint density at radius 3 is 2.44 bits per heavy atom. The smallest absolute Gasteiger partial charge is 0.0620 e. The molecule has 0 bridgehead atoms. The van der Waals surface area contributed by atoms with Crippen LogP contribution in [0.1, 0.15) is 52.4 Å². The largest absolute Gasteiger partial charge is 0.380 e. The van der Waals surface area contributed by atoms with Crippen molar-refractivity contribution in [1.29, 1.82) is 0 Å². The molecule has 94 valence electrons. The number of hydrogen-bond donors (Lipinski definition) is 1. The summed E-state index contributed by atoms with van der Waals surface area (Å²) < 4.78 is 5.42. The summed E-state index contributed by atoms with van der Waals surface area (Å²) in [6.07, 6.45) is 8.47. The third-order valence-corrected chi connectivity index (χ3v) is 4.61. The molecule has 0 radical (unpaired) electrons. The Morgan fingerprint density at radius 2 is 1.81 bits per heavy atom. The molecule has 0 amide bonds. The first-order valence-electron chi connectivity index (χ1n) is 7.11. The van der Waals surface area contributed by atoms with E-state index in [1.807, 2.05) is 0 Å². The van der Waals surface area contributed by atoms with E-state index in [-0.39, 0.29) is 0 Å². The van der Waals surface area contributed by atoms with E-state index in [0.29, 0.717) is 12.1 Å². The molecule has 1 aliphatic carbocycles. The van der Waals surface area contributed by atoms with E-state index in [9.17, 15) is 0 Å². The molecule has 2 aliphatic rings. The maximum absolute atomic E-state index is 5.42. The average Bonchev–Trinajstić information content (AvgIpc) is 2.82. The van der Waals surface area contributed by atoms with E-state index in [0.717, 1.165) is 25.0 Å². The monoisotopic (exact) mass is 225 g/mol. The Kier molecular flexibility index (Phi) is 4.66. The van der Waals surface area contributed by atoms with Gasteiger partial charge in [0.05, 0.1) is 6.61 Å². The van der Waals surface area contributed by atoms with Gasteiger partial charge >= 0.3 is 0 Å². The highest BCUT2D eigenvalue weighted by Crippen LogP contribution is 2.31. The minimum atomic E-state index is 0.612. The topological polar surface area (TPSA) is 21.3 Å². The van der Waals surface area contributed by atoms with Crippen LogP contribution in [0, 0.1) is 11.8 Å². The highest BCUT2D eigenvalue weighted by atomic mass is 16.5. The van der Waals surface area contributed by atoms with Crippen molar-refractivity contribution in [1.82, 2.24) is 5.32 Å². The molecule has 2 fully saturated rings. The minimum Gasteiger partial charge on any atom is -0.380 e. The minimum absolute atomic E-state index is 0.612. The zero-order valence-electron chi connectivity index (χ0n) is 10.9. The van der Waals surface area contributed by atoms with Crippen molar-refractivity contribution < 1.29 is 4.74 Å². The van der Waals surface area contributed by atoms with E-state index in [1.54, 1.807) is 0 Å². The zero-order chi connectivity index (χ0) is 11.4. The maximum atomic E-state index is 5.42. The molecule has 1 N–H and O–H groups in total. The Hall–Kier alpha value is -0.0800. The molecular weight excluding hydrogens is 198 g/mol. The molecule has 0 aromatic heterocycles. The summed E-state index contributed by atoms with van der Waals surface area (Å²) in [5.41, 5.74) is 0. The molecule has 3 atom stereocenters. The fraction of sp³-hybridized carbons (Fsp3) is 1.00. The third kappa shape index (κ3) is 3.21. The van der Waals surface area contributed by atoms with Gasteiger partial charge in [-0.05, 0) is 25.2 Å². The van der Waals surface area contributed by atoms with Crippen LogP contribution >= 0.6 is 0 Å². The Bertz CT molecular complexity index is 195. The van der Waals surface area contributed by atoms with Crippen LogP contribution in [0.25, 0.3) is 0 Å². The van der Waals surface area contributed by atoms with Crippen molar-refractivity contribution in [2.24, 2.45) is 11.8 Å². The van der Waals surface area contributed by atoms with E-state index in [1.165, 1.54) is 38.5 Å². The number of hydrogen-bond acceptors (Lipinski definition) is 2. The molecule has 0 spiro atoms. The molecule has 1 saturated heterocycles. The lowest BCUT2D eigenvalue weighted by Crippen LogP contribution is -2.42. The third-order valence-electron chi connectivity index (χ3n) is 4.61. The van der Waals surface area contributed by atoms with Crippen molar-refractivity contribution in [3.63, 3.8) is 0 Å². The Morgan fingerprint density at radius 1 is 1.06 bits per heavy atom. The second kappa shape index (κ2) is 6.02. The van der Waals surface area contributed by atoms with E-state index < -0.39 is 0 Å². The Labute approximate surface area is 100 Å². The van der Waals surface area contributed by atoms with Crippen molar-refractivity contribution in [3.05, 3.63) is 0 Å². The first-order valence-corrected chi connectivity index (χ1v) is 7.11. The maximum Gasteiger partial charge on any atom is 0.0620 e. The normalized spacial score (nSPS) is 31.5. The van der Waals surface area contributed by atoms with Gasteiger partial charge < -0.3 is 10.1 Å². The van der Waals surface area contributed by atoms with Crippen molar-refractivity contribution in [2.75, 3.05) is 13.2 Å². The predicted molar refractivity (Wildman–Crippen MR) is 67.6 cm³/mol. The summed E-state index contributed by atoms with van der Waals surface area (Å²) >= 11 is 0. The number of rotatable bonds is 4. The lowest BCUT2D eigenvalue weighted by atomic mass is 9.78. The van der Waals surface area contributed by atoms with Gasteiger partial charge in [-0.1, -0.05) is 39.0 Å². The van der Waals surface area contributed by atoms with Crippen LogP contribution in [-0.2, 0) is 4.74 Å². The van der Waals surface area contributed by atoms with Gasteiger partial charge in [0.2, 0.25) is 0 Å². The summed E-state index contributed by atoms with van der Waals surface area (Å²) in [5, 5.41) is 3.75. The van der Waals surface area contributed by atoms with Gasteiger partial charge in [0.1, 0.15) is 0 Å². The van der Waals surface area contributed by atoms with E-state index in [4.69, 9.17) is 4.74 Å². The van der Waals surface area contributed by atoms with Crippen LogP contribution in [0.15, 0.2) is 0 Å². The van der Waals surface area contributed by atoms with Gasteiger partial charge in [-0.15, -0.1) is 0 Å². The van der Waals surface area contributed by atoms with Crippen LogP contribution in [0.2, 0.25) is 0 Å². The summed E-state index contributed by atoms with van der Waals surface area (Å²) in [7, 11) is 0. The predicted octanol–water partition coefficient (Wildman–Crippen LogP) is 2.97. The first kappa shape index (κ1) is 12.4. The second-order valence-electron chi connectivity index (χ2n) is 5.77. The molecular formula is C14H27NO. The Balaban J connectivity index is 1.75. The second-order valence-corrected chi connectivity index (χ2v) is 5.77. The van der Waals surface area contributed by atoms with Crippen molar-refractivity contribution in [2.45, 2.75) is 64.5 Å². The van der Waals surface area contributed by atoms with Gasteiger partial charge in [0.15, 0.2) is 0 Å². The molecule has 1 aliphatic heterocycles. The number of nitrogens with one attached hydrogen (secondary N) is 1. The molecule has 2 nitrogen and oxygen atoms in total. The van der Waals surface area contributed by atoms with Gasteiger partial charge in [0, 0.05) is 18.7 Å². The van der Waals surface area contributed by atoms with E-state index >= 15 is 0 Å². The molecule has 0 aromatic carbocycles. The fourth-order valence-electron chi connectivity index (χ4n) is 3.26. The van der Waals surface area contributed by atoms with Crippen molar-refractivity contribution >= 4 is 0 Å². The first-order chi connectivity index (χ1) is 7.77. The summed E-state index contributed by atoms with van der Waals surface area (Å²) in [4.78, 5) is 0. The van der Waals surface area contributed by atoms with Crippen molar-refractivity contribution in [3.8, 4) is 0 Å². The SMILES string of the molecule is CC(NC1CCOC1)C(C)C1CCCCC1. The summed E-state index contributed by atoms with van der Waals surface area (Å²) in [6.45, 7) is 6.66. The standard InChI is InChI=1S/C14H27NO/c1-11(13-6-4-3-5-7-13)12(2)15-14-8-9-16-10-14/h11-15H,3-10H2,1-2H3. The van der Waals surface area contributed by atoms with Gasteiger partial charge in [0.25, 0.3) is 0 Å². The van der Waals surface area contributed by atoms with Crippen LogP contribution < -0.4 is 5.32 Å². The lowest BCUT2D eigenvalue weighted by molar-refractivity contribution is 0.176. The average molecular weight is 225 g/mol. The molecule has 0 aromatic rings. The van der Waals surface area contributed by atoms with Gasteiger partial charge in [-0.2, -0.15) is 0 Å².